The third-order valence-electron chi connectivity index (χ3n) is 4.14. The summed E-state index contributed by atoms with van der Waals surface area (Å²) in [5, 5.41) is 2.73. The molecule has 2 rings (SSSR count). The van der Waals surface area contributed by atoms with Gasteiger partial charge in [-0.1, -0.05) is 19.8 Å². The Balaban J connectivity index is 1.94. The van der Waals surface area contributed by atoms with E-state index >= 15 is 0 Å². The van der Waals surface area contributed by atoms with E-state index in [1.165, 1.54) is 0 Å². The summed E-state index contributed by atoms with van der Waals surface area (Å²) in [5.74, 6) is -1.72. The number of urea groups is 1. The van der Waals surface area contributed by atoms with Gasteiger partial charge < -0.3 is 5.32 Å². The number of likely N-dealkylation sites (N-methyl/N-ethyl adjacent to an activating group) is 1. The molecule has 0 spiro atoms. The highest BCUT2D eigenvalue weighted by molar-refractivity contribution is 6.44. The minimum absolute atomic E-state index is 0.0633. The van der Waals surface area contributed by atoms with Crippen molar-refractivity contribution in [2.24, 2.45) is 0 Å². The van der Waals surface area contributed by atoms with E-state index in [1.807, 2.05) is 6.92 Å². The summed E-state index contributed by atoms with van der Waals surface area (Å²) >= 11 is 0. The zero-order valence-electron chi connectivity index (χ0n) is 13.7. The fourth-order valence-electron chi connectivity index (χ4n) is 2.99. The third-order valence-corrected chi connectivity index (χ3v) is 4.14. The molecule has 0 aromatic heterocycles. The Morgan fingerprint density at radius 2 is 1.87 bits per heavy atom. The van der Waals surface area contributed by atoms with Gasteiger partial charge in [0.25, 0.3) is 0 Å². The Morgan fingerprint density at radius 3 is 2.48 bits per heavy atom. The fraction of sp³-hybridized carbons (Fsp3) is 0.733. The van der Waals surface area contributed by atoms with E-state index in [0.29, 0.717) is 6.54 Å². The zero-order valence-corrected chi connectivity index (χ0v) is 13.7. The Morgan fingerprint density at radius 1 is 1.22 bits per heavy atom. The van der Waals surface area contributed by atoms with Crippen molar-refractivity contribution >= 4 is 23.8 Å². The molecular weight excluding hydrogens is 300 g/mol. The summed E-state index contributed by atoms with van der Waals surface area (Å²) in [6, 6.07) is -0.727. The first-order chi connectivity index (χ1) is 11.0. The summed E-state index contributed by atoms with van der Waals surface area (Å²) in [5.41, 5.74) is 0. The first-order valence-electron chi connectivity index (χ1n) is 8.10. The lowest BCUT2D eigenvalue weighted by Gasteiger charge is -2.24. The number of hydrogen-bond acceptors (Lipinski definition) is 5. The third kappa shape index (κ3) is 3.87. The van der Waals surface area contributed by atoms with E-state index in [-0.39, 0.29) is 25.2 Å². The molecule has 128 valence electrons. The lowest BCUT2D eigenvalue weighted by Crippen LogP contribution is -2.45. The number of nitrogens with one attached hydrogen (secondary N) is 1. The number of hydrogen-bond donors (Lipinski definition) is 1. The smallest absolute Gasteiger partial charge is 0.335 e. The van der Waals surface area contributed by atoms with Gasteiger partial charge in [-0.05, 0) is 26.3 Å². The van der Waals surface area contributed by atoms with E-state index in [0.717, 1.165) is 41.9 Å². The van der Waals surface area contributed by atoms with Crippen LogP contribution < -0.4 is 5.32 Å². The van der Waals surface area contributed by atoms with Crippen molar-refractivity contribution < 1.29 is 19.2 Å². The first-order valence-corrected chi connectivity index (χ1v) is 8.10. The monoisotopic (exact) mass is 324 g/mol. The van der Waals surface area contributed by atoms with Crippen LogP contribution in [0.1, 0.15) is 39.0 Å². The SMILES string of the molecule is CCCNC(=O)CN(C)CN1C(=O)C(=O)N(C2CCCC2)C1=O. The van der Waals surface area contributed by atoms with Crippen LogP contribution >= 0.6 is 0 Å². The van der Waals surface area contributed by atoms with Gasteiger partial charge in [-0.3, -0.25) is 24.2 Å². The van der Waals surface area contributed by atoms with Crippen LogP contribution in [0.15, 0.2) is 0 Å². The van der Waals surface area contributed by atoms with Gasteiger partial charge in [-0.2, -0.15) is 0 Å². The molecule has 2 fully saturated rings. The van der Waals surface area contributed by atoms with Gasteiger partial charge in [0.15, 0.2) is 0 Å². The van der Waals surface area contributed by atoms with Crippen molar-refractivity contribution in [3.8, 4) is 0 Å². The van der Waals surface area contributed by atoms with Gasteiger partial charge in [0.2, 0.25) is 5.91 Å². The number of carbonyl (C=O) groups is 4. The topological polar surface area (TPSA) is 90.0 Å². The van der Waals surface area contributed by atoms with Gasteiger partial charge in [0, 0.05) is 12.6 Å². The van der Waals surface area contributed by atoms with Crippen molar-refractivity contribution in [3.05, 3.63) is 0 Å². The first kappa shape index (κ1) is 17.4. The van der Waals surface area contributed by atoms with Crippen LogP contribution in [0.2, 0.25) is 0 Å². The minimum atomic E-state index is -0.803. The highest BCUT2D eigenvalue weighted by Gasteiger charge is 2.48. The fourth-order valence-corrected chi connectivity index (χ4v) is 2.99. The van der Waals surface area contributed by atoms with Crippen LogP contribution in [0.25, 0.3) is 0 Å². The van der Waals surface area contributed by atoms with E-state index in [4.69, 9.17) is 0 Å². The molecule has 0 unspecified atom stereocenters. The van der Waals surface area contributed by atoms with Gasteiger partial charge in [-0.25, -0.2) is 9.69 Å². The van der Waals surface area contributed by atoms with Gasteiger partial charge >= 0.3 is 17.8 Å². The second-order valence-electron chi connectivity index (χ2n) is 6.13. The molecule has 0 aromatic rings. The molecule has 1 aliphatic carbocycles. The Labute approximate surface area is 135 Å². The van der Waals surface area contributed by atoms with Crippen LogP contribution in [0.5, 0.6) is 0 Å². The average Bonchev–Trinajstić information content (AvgIpc) is 3.09. The molecule has 1 N–H and O–H groups in total. The second kappa shape index (κ2) is 7.54. The lowest BCUT2D eigenvalue weighted by atomic mass is 10.2. The van der Waals surface area contributed by atoms with Gasteiger partial charge in [-0.15, -0.1) is 0 Å². The predicted octanol–water partition coefficient (Wildman–Crippen LogP) is 0.135. The molecule has 0 radical (unpaired) electrons. The Bertz CT molecular complexity index is 502. The van der Waals surface area contributed by atoms with E-state index in [1.54, 1.807) is 11.9 Å². The maximum absolute atomic E-state index is 12.4. The summed E-state index contributed by atoms with van der Waals surface area (Å²) in [7, 11) is 1.63. The Kier molecular flexibility index (Phi) is 5.70. The summed E-state index contributed by atoms with van der Waals surface area (Å²) in [6.07, 6.45) is 4.28. The summed E-state index contributed by atoms with van der Waals surface area (Å²) < 4.78 is 0. The molecule has 2 aliphatic rings. The number of amides is 5. The number of rotatable bonds is 7. The standard InChI is InChI=1S/C15H24N4O4/c1-3-8-16-12(20)9-17(2)10-18-13(21)14(22)19(15(18)23)11-6-4-5-7-11/h11H,3-10H2,1-2H3,(H,16,20). The highest BCUT2D eigenvalue weighted by Crippen LogP contribution is 2.27. The molecule has 0 bridgehead atoms. The van der Waals surface area contributed by atoms with Crippen LogP contribution in [0.3, 0.4) is 0 Å². The van der Waals surface area contributed by atoms with Crippen LogP contribution in [-0.4, -0.2) is 71.3 Å². The molecule has 23 heavy (non-hydrogen) atoms. The molecule has 1 saturated carbocycles. The minimum Gasteiger partial charge on any atom is -0.355 e. The molecule has 8 nitrogen and oxygen atoms in total. The van der Waals surface area contributed by atoms with E-state index in [2.05, 4.69) is 5.32 Å². The molecule has 1 heterocycles. The lowest BCUT2D eigenvalue weighted by molar-refractivity contribution is -0.144. The van der Waals surface area contributed by atoms with Crippen LogP contribution in [-0.2, 0) is 14.4 Å². The van der Waals surface area contributed by atoms with Crippen molar-refractivity contribution in [2.45, 2.75) is 45.1 Å². The van der Waals surface area contributed by atoms with E-state index < -0.39 is 17.8 Å². The maximum atomic E-state index is 12.4. The highest BCUT2D eigenvalue weighted by atomic mass is 16.2. The molecule has 1 aliphatic heterocycles. The largest absolute Gasteiger partial charge is 0.355 e. The quantitative estimate of drug-likeness (QED) is 0.531. The molecule has 1 saturated heterocycles. The maximum Gasteiger partial charge on any atom is 0.335 e. The normalized spacial score (nSPS) is 19.3. The summed E-state index contributed by atoms with van der Waals surface area (Å²) in [4.78, 5) is 51.8. The average molecular weight is 324 g/mol. The molecule has 5 amide bonds. The van der Waals surface area contributed by atoms with Crippen molar-refractivity contribution in [2.75, 3.05) is 26.8 Å². The van der Waals surface area contributed by atoms with Crippen LogP contribution in [0.4, 0.5) is 4.79 Å². The predicted molar refractivity (Wildman–Crippen MR) is 82.1 cm³/mol. The van der Waals surface area contributed by atoms with Gasteiger partial charge in [0.05, 0.1) is 13.2 Å². The number of carbonyl (C=O) groups excluding carboxylic acids is 4. The second-order valence-corrected chi connectivity index (χ2v) is 6.13. The summed E-state index contributed by atoms with van der Waals surface area (Å²) in [6.45, 7) is 2.54. The zero-order chi connectivity index (χ0) is 17.0. The number of nitrogens with zero attached hydrogens (tertiary/aromatic N) is 3. The van der Waals surface area contributed by atoms with Crippen LogP contribution in [0, 0.1) is 0 Å². The van der Waals surface area contributed by atoms with Crippen molar-refractivity contribution in [3.63, 3.8) is 0 Å². The molecule has 0 aromatic carbocycles. The molecular formula is C15H24N4O4. The molecule has 8 heteroatoms. The van der Waals surface area contributed by atoms with Crippen molar-refractivity contribution in [1.29, 1.82) is 0 Å². The van der Waals surface area contributed by atoms with E-state index in [9.17, 15) is 19.2 Å². The molecule has 0 atom stereocenters. The van der Waals surface area contributed by atoms with Gasteiger partial charge in [0.1, 0.15) is 0 Å². The Hall–Kier alpha value is -1.96. The number of imide groups is 2. The van der Waals surface area contributed by atoms with Crippen molar-refractivity contribution in [1.82, 2.24) is 20.0 Å².